The van der Waals surface area contributed by atoms with Gasteiger partial charge in [0.05, 0.1) is 16.5 Å². The number of hydrogen-bond acceptors (Lipinski definition) is 7. The van der Waals surface area contributed by atoms with Crippen LogP contribution in [0.5, 0.6) is 0 Å². The van der Waals surface area contributed by atoms with Crippen LogP contribution in [0.2, 0.25) is 5.02 Å². The normalized spacial score (nSPS) is 14.1. The molecule has 0 aliphatic carbocycles. The van der Waals surface area contributed by atoms with E-state index in [0.717, 1.165) is 46.6 Å². The molecule has 0 radical (unpaired) electrons. The van der Waals surface area contributed by atoms with Gasteiger partial charge in [0.2, 0.25) is 0 Å². The number of likely N-dealkylation sites (tertiary alicyclic amines) is 1. The Morgan fingerprint density at radius 3 is 2.68 bits per heavy atom. The molecule has 10 heteroatoms. The highest BCUT2D eigenvalue weighted by Crippen LogP contribution is 2.34. The molecule has 0 unspecified atom stereocenters. The maximum atomic E-state index is 12.6. The standard InChI is InChI=1S/C27H29ClN6OS2/c1-19-9-3-6-12-23(19)34-25(20-10-4-5-11-21(20)28)31-32-27(34)37-18-24-30-22(17-36-24)26(35)29-13-16-33-14-7-2-8-15-33/h3-6,9-12,17H,2,7-8,13-16,18H2,1H3,(H,29,35). The van der Waals surface area contributed by atoms with E-state index in [0.29, 0.717) is 28.8 Å². The average Bonchev–Trinajstić information content (AvgIpc) is 3.56. The number of nitrogens with zero attached hydrogens (tertiary/aromatic N) is 5. The van der Waals surface area contributed by atoms with Gasteiger partial charge in [0, 0.05) is 24.0 Å². The zero-order valence-corrected chi connectivity index (χ0v) is 23.1. The number of para-hydroxylation sites is 1. The van der Waals surface area contributed by atoms with Gasteiger partial charge < -0.3 is 10.2 Å². The van der Waals surface area contributed by atoms with Gasteiger partial charge in [-0.25, -0.2) is 4.98 Å². The van der Waals surface area contributed by atoms with E-state index in [4.69, 9.17) is 11.6 Å². The Balaban J connectivity index is 1.29. The van der Waals surface area contributed by atoms with Gasteiger partial charge >= 0.3 is 0 Å². The number of halogens is 1. The minimum Gasteiger partial charge on any atom is -0.349 e. The molecule has 1 aliphatic rings. The second kappa shape index (κ2) is 12.2. The molecule has 5 rings (SSSR count). The number of thioether (sulfide) groups is 1. The molecule has 1 saturated heterocycles. The summed E-state index contributed by atoms with van der Waals surface area (Å²) in [5.74, 6) is 1.15. The molecule has 192 valence electrons. The Hall–Kier alpha value is -2.72. The molecule has 0 saturated carbocycles. The summed E-state index contributed by atoms with van der Waals surface area (Å²) >= 11 is 9.55. The van der Waals surface area contributed by atoms with Crippen molar-refractivity contribution in [1.82, 2.24) is 30.0 Å². The van der Waals surface area contributed by atoms with Crippen LogP contribution in [0.1, 0.15) is 40.3 Å². The Morgan fingerprint density at radius 2 is 1.86 bits per heavy atom. The largest absolute Gasteiger partial charge is 0.349 e. The summed E-state index contributed by atoms with van der Waals surface area (Å²) in [5, 5.41) is 16.1. The summed E-state index contributed by atoms with van der Waals surface area (Å²) < 4.78 is 2.04. The predicted octanol–water partition coefficient (Wildman–Crippen LogP) is 5.86. The van der Waals surface area contributed by atoms with E-state index in [1.165, 1.54) is 30.6 Å². The van der Waals surface area contributed by atoms with Crippen LogP contribution in [0.25, 0.3) is 17.1 Å². The van der Waals surface area contributed by atoms with Crippen molar-refractivity contribution in [1.29, 1.82) is 0 Å². The molecule has 37 heavy (non-hydrogen) atoms. The highest BCUT2D eigenvalue weighted by molar-refractivity contribution is 7.98. The number of carbonyl (C=O) groups is 1. The summed E-state index contributed by atoms with van der Waals surface area (Å²) in [5.41, 5.74) is 3.40. The second-order valence-corrected chi connectivity index (χ2v) is 11.3. The topological polar surface area (TPSA) is 75.9 Å². The van der Waals surface area contributed by atoms with Crippen molar-refractivity contribution < 1.29 is 4.79 Å². The van der Waals surface area contributed by atoms with Crippen LogP contribution in [0.15, 0.2) is 59.1 Å². The maximum Gasteiger partial charge on any atom is 0.270 e. The molecule has 1 aliphatic heterocycles. The molecule has 2 aromatic carbocycles. The first-order chi connectivity index (χ1) is 18.1. The van der Waals surface area contributed by atoms with Gasteiger partial charge in [-0.05, 0) is 56.6 Å². The molecule has 4 aromatic rings. The van der Waals surface area contributed by atoms with Gasteiger partial charge in [0.1, 0.15) is 10.7 Å². The van der Waals surface area contributed by atoms with E-state index in [2.05, 4.69) is 44.5 Å². The number of aryl methyl sites for hydroxylation is 1. The van der Waals surface area contributed by atoms with E-state index < -0.39 is 0 Å². The first-order valence-electron chi connectivity index (χ1n) is 12.4. The van der Waals surface area contributed by atoms with Crippen molar-refractivity contribution in [2.75, 3.05) is 26.2 Å². The summed E-state index contributed by atoms with van der Waals surface area (Å²) in [6.07, 6.45) is 3.81. The van der Waals surface area contributed by atoms with Crippen molar-refractivity contribution in [3.8, 4) is 17.1 Å². The van der Waals surface area contributed by atoms with E-state index in [1.54, 1.807) is 11.8 Å². The molecular weight excluding hydrogens is 524 g/mol. The van der Waals surface area contributed by atoms with Crippen molar-refractivity contribution in [3.63, 3.8) is 0 Å². The molecule has 1 fully saturated rings. The third-order valence-electron chi connectivity index (χ3n) is 6.38. The van der Waals surface area contributed by atoms with Crippen LogP contribution in [0.4, 0.5) is 0 Å². The minimum atomic E-state index is -0.117. The summed E-state index contributed by atoms with van der Waals surface area (Å²) in [6.45, 7) is 5.85. The summed E-state index contributed by atoms with van der Waals surface area (Å²) in [6, 6.07) is 15.8. The second-order valence-electron chi connectivity index (χ2n) is 8.98. The van der Waals surface area contributed by atoms with Crippen molar-refractivity contribution >= 4 is 40.6 Å². The molecule has 0 spiro atoms. The van der Waals surface area contributed by atoms with Crippen LogP contribution in [0, 0.1) is 6.92 Å². The predicted molar refractivity (Wildman–Crippen MR) is 151 cm³/mol. The number of aromatic nitrogens is 4. The van der Waals surface area contributed by atoms with Gasteiger partial charge in [-0.15, -0.1) is 21.5 Å². The number of benzene rings is 2. The number of thiazole rings is 1. The first kappa shape index (κ1) is 25.9. The quantitative estimate of drug-likeness (QED) is 0.262. The summed E-state index contributed by atoms with van der Waals surface area (Å²) in [4.78, 5) is 19.6. The highest BCUT2D eigenvalue weighted by Gasteiger charge is 2.20. The lowest BCUT2D eigenvalue weighted by Gasteiger charge is -2.26. The van der Waals surface area contributed by atoms with Gasteiger partial charge in [0.25, 0.3) is 5.91 Å². The van der Waals surface area contributed by atoms with E-state index in [9.17, 15) is 4.79 Å². The van der Waals surface area contributed by atoms with Gasteiger partial charge in [-0.2, -0.15) is 0 Å². The van der Waals surface area contributed by atoms with Crippen LogP contribution in [-0.4, -0.2) is 56.7 Å². The van der Waals surface area contributed by atoms with E-state index >= 15 is 0 Å². The number of piperidine rings is 1. The molecule has 7 nitrogen and oxygen atoms in total. The molecule has 1 N–H and O–H groups in total. The number of carbonyl (C=O) groups excluding carboxylic acids is 1. The number of hydrogen-bond donors (Lipinski definition) is 1. The van der Waals surface area contributed by atoms with Crippen molar-refractivity contribution in [2.24, 2.45) is 0 Å². The van der Waals surface area contributed by atoms with Crippen LogP contribution >= 0.6 is 34.7 Å². The molecule has 3 heterocycles. The van der Waals surface area contributed by atoms with E-state index in [-0.39, 0.29) is 5.91 Å². The Bertz CT molecular complexity index is 1360. The lowest BCUT2D eigenvalue weighted by Crippen LogP contribution is -2.37. The Morgan fingerprint density at radius 1 is 1.08 bits per heavy atom. The monoisotopic (exact) mass is 552 g/mol. The molecule has 0 bridgehead atoms. The van der Waals surface area contributed by atoms with Gasteiger partial charge in [0.15, 0.2) is 11.0 Å². The minimum absolute atomic E-state index is 0.117. The van der Waals surface area contributed by atoms with Gasteiger partial charge in [-0.3, -0.25) is 9.36 Å². The maximum absolute atomic E-state index is 12.6. The molecule has 1 amide bonds. The number of amides is 1. The zero-order chi connectivity index (χ0) is 25.6. The fourth-order valence-corrected chi connectivity index (χ4v) is 6.38. The smallest absolute Gasteiger partial charge is 0.270 e. The SMILES string of the molecule is Cc1ccccc1-n1c(SCc2nc(C(=O)NCCN3CCCCC3)cs2)nnc1-c1ccccc1Cl. The number of rotatable bonds is 9. The summed E-state index contributed by atoms with van der Waals surface area (Å²) in [7, 11) is 0. The van der Waals surface area contributed by atoms with Crippen LogP contribution in [-0.2, 0) is 5.75 Å². The average molecular weight is 553 g/mol. The first-order valence-corrected chi connectivity index (χ1v) is 14.7. The van der Waals surface area contributed by atoms with Crippen LogP contribution in [0.3, 0.4) is 0 Å². The van der Waals surface area contributed by atoms with Gasteiger partial charge in [-0.1, -0.05) is 60.1 Å². The van der Waals surface area contributed by atoms with Crippen LogP contribution < -0.4 is 5.32 Å². The lowest BCUT2D eigenvalue weighted by atomic mass is 10.1. The van der Waals surface area contributed by atoms with Crippen molar-refractivity contribution in [3.05, 3.63) is 75.2 Å². The zero-order valence-electron chi connectivity index (χ0n) is 20.7. The molecular formula is C27H29ClN6OS2. The number of nitrogens with one attached hydrogen (secondary N) is 1. The fraction of sp³-hybridized carbons (Fsp3) is 0.333. The lowest BCUT2D eigenvalue weighted by molar-refractivity contribution is 0.0942. The Kier molecular flexibility index (Phi) is 8.55. The third-order valence-corrected chi connectivity index (χ3v) is 8.68. The van der Waals surface area contributed by atoms with E-state index in [1.807, 2.05) is 46.3 Å². The Labute approximate surface area is 230 Å². The fourth-order valence-electron chi connectivity index (χ4n) is 4.42. The highest BCUT2D eigenvalue weighted by atomic mass is 35.5. The third kappa shape index (κ3) is 6.23. The molecule has 0 atom stereocenters. The molecule has 2 aromatic heterocycles. The van der Waals surface area contributed by atoms with Crippen molar-refractivity contribution in [2.45, 2.75) is 37.1 Å².